The van der Waals surface area contributed by atoms with Gasteiger partial charge in [-0.3, -0.25) is 4.79 Å². The second-order valence-corrected chi connectivity index (χ2v) is 6.35. The molecule has 0 amide bonds. The molecule has 1 saturated carbocycles. The van der Waals surface area contributed by atoms with Crippen LogP contribution in [0.15, 0.2) is 10.9 Å². The van der Waals surface area contributed by atoms with E-state index in [1.54, 1.807) is 0 Å². The van der Waals surface area contributed by atoms with Gasteiger partial charge in [0.2, 0.25) is 0 Å². The number of aromatic nitrogens is 1. The van der Waals surface area contributed by atoms with Gasteiger partial charge in [-0.1, -0.05) is 19.3 Å². The standard InChI is InChI=1S/C17H26N2O/c1-18-12-14-11-13-7-5-6-10-16(13)19(17(14)20)15-8-3-2-4-9-15/h11,15,18H,2-10,12H2,1H3. The molecule has 2 aliphatic carbocycles. The molecule has 0 unspecified atom stereocenters. The van der Waals surface area contributed by atoms with Crippen LogP contribution < -0.4 is 10.9 Å². The summed E-state index contributed by atoms with van der Waals surface area (Å²) in [5, 5.41) is 3.15. The molecule has 0 spiro atoms. The van der Waals surface area contributed by atoms with Crippen molar-refractivity contribution in [2.24, 2.45) is 0 Å². The predicted molar refractivity (Wildman–Crippen MR) is 82.2 cm³/mol. The Balaban J connectivity index is 2.08. The fraction of sp³-hybridized carbons (Fsp3) is 0.706. The zero-order valence-corrected chi connectivity index (χ0v) is 12.6. The van der Waals surface area contributed by atoms with Crippen molar-refractivity contribution in [1.82, 2.24) is 9.88 Å². The molecule has 0 aromatic carbocycles. The van der Waals surface area contributed by atoms with Gasteiger partial charge in [0.15, 0.2) is 0 Å². The van der Waals surface area contributed by atoms with Crippen LogP contribution in [-0.2, 0) is 19.4 Å². The van der Waals surface area contributed by atoms with E-state index in [0.29, 0.717) is 12.6 Å². The third-order valence-corrected chi connectivity index (χ3v) is 4.92. The molecule has 1 aromatic heterocycles. The quantitative estimate of drug-likeness (QED) is 0.919. The fourth-order valence-corrected chi connectivity index (χ4v) is 3.94. The second-order valence-electron chi connectivity index (χ2n) is 6.35. The summed E-state index contributed by atoms with van der Waals surface area (Å²) in [7, 11) is 1.92. The highest BCUT2D eigenvalue weighted by Crippen LogP contribution is 2.31. The highest BCUT2D eigenvalue weighted by Gasteiger charge is 2.23. The largest absolute Gasteiger partial charge is 0.315 e. The molecule has 1 fully saturated rings. The summed E-state index contributed by atoms with van der Waals surface area (Å²) in [6.07, 6.45) is 11.0. The molecule has 0 radical (unpaired) electrons. The third-order valence-electron chi connectivity index (χ3n) is 4.92. The Hall–Kier alpha value is -1.09. The molecule has 0 atom stereocenters. The van der Waals surface area contributed by atoms with Crippen LogP contribution in [0.4, 0.5) is 0 Å². The van der Waals surface area contributed by atoms with Crippen LogP contribution in [0.1, 0.15) is 67.8 Å². The molecule has 3 rings (SSSR count). The maximum atomic E-state index is 12.9. The zero-order valence-electron chi connectivity index (χ0n) is 12.6. The fourth-order valence-electron chi connectivity index (χ4n) is 3.94. The van der Waals surface area contributed by atoms with Crippen molar-refractivity contribution < 1.29 is 0 Å². The van der Waals surface area contributed by atoms with Crippen molar-refractivity contribution in [1.29, 1.82) is 0 Å². The van der Waals surface area contributed by atoms with Crippen LogP contribution >= 0.6 is 0 Å². The molecule has 20 heavy (non-hydrogen) atoms. The molecule has 3 heteroatoms. The lowest BCUT2D eigenvalue weighted by Gasteiger charge is -2.30. The number of nitrogens with zero attached hydrogens (tertiary/aromatic N) is 1. The molecule has 1 aromatic rings. The normalized spacial score (nSPS) is 19.9. The number of pyridine rings is 1. The molecular weight excluding hydrogens is 248 g/mol. The summed E-state index contributed by atoms with van der Waals surface area (Å²) in [5.41, 5.74) is 4.02. The van der Waals surface area contributed by atoms with E-state index in [-0.39, 0.29) is 5.56 Å². The van der Waals surface area contributed by atoms with Gasteiger partial charge in [-0.25, -0.2) is 0 Å². The van der Waals surface area contributed by atoms with E-state index in [9.17, 15) is 4.79 Å². The van der Waals surface area contributed by atoms with Crippen LogP contribution in [0.25, 0.3) is 0 Å². The van der Waals surface area contributed by atoms with E-state index in [4.69, 9.17) is 0 Å². The molecule has 3 nitrogen and oxygen atoms in total. The maximum absolute atomic E-state index is 12.9. The van der Waals surface area contributed by atoms with Crippen LogP contribution in [0.5, 0.6) is 0 Å². The molecule has 1 N–H and O–H groups in total. The summed E-state index contributed by atoms with van der Waals surface area (Å²) in [6.45, 7) is 0.693. The first kappa shape index (κ1) is 13.9. The Bertz CT molecular complexity index is 527. The van der Waals surface area contributed by atoms with E-state index in [0.717, 1.165) is 18.4 Å². The molecule has 110 valence electrons. The smallest absolute Gasteiger partial charge is 0.255 e. The van der Waals surface area contributed by atoms with Gasteiger partial charge in [0.05, 0.1) is 0 Å². The lowest BCUT2D eigenvalue weighted by molar-refractivity contribution is 0.333. The van der Waals surface area contributed by atoms with Gasteiger partial charge in [0, 0.05) is 23.8 Å². The highest BCUT2D eigenvalue weighted by molar-refractivity contribution is 5.29. The SMILES string of the molecule is CNCc1cc2c(n(C3CCCCC3)c1=O)CCCC2. The van der Waals surface area contributed by atoms with Crippen molar-refractivity contribution in [3.05, 3.63) is 33.2 Å². The van der Waals surface area contributed by atoms with Crippen molar-refractivity contribution in [3.8, 4) is 0 Å². The van der Waals surface area contributed by atoms with Crippen LogP contribution in [-0.4, -0.2) is 11.6 Å². The summed E-state index contributed by atoms with van der Waals surface area (Å²) in [6, 6.07) is 2.63. The minimum atomic E-state index is 0.270. The number of nitrogens with one attached hydrogen (secondary N) is 1. The van der Waals surface area contributed by atoms with Gasteiger partial charge >= 0.3 is 0 Å². The average Bonchev–Trinajstić information content (AvgIpc) is 2.49. The highest BCUT2D eigenvalue weighted by atomic mass is 16.1. The summed E-state index contributed by atoms with van der Waals surface area (Å²) >= 11 is 0. The number of rotatable bonds is 3. The molecule has 2 aliphatic rings. The van der Waals surface area contributed by atoms with Crippen molar-refractivity contribution in [3.63, 3.8) is 0 Å². The topological polar surface area (TPSA) is 34.0 Å². The summed E-state index contributed by atoms with van der Waals surface area (Å²) in [4.78, 5) is 12.9. The predicted octanol–water partition coefficient (Wildman–Crippen LogP) is 2.95. The Morgan fingerprint density at radius 2 is 1.90 bits per heavy atom. The minimum absolute atomic E-state index is 0.270. The van der Waals surface area contributed by atoms with Crippen molar-refractivity contribution in [2.75, 3.05) is 7.05 Å². The van der Waals surface area contributed by atoms with Crippen molar-refractivity contribution >= 4 is 0 Å². The van der Waals surface area contributed by atoms with Crippen LogP contribution in [0, 0.1) is 0 Å². The van der Waals surface area contributed by atoms with E-state index in [1.807, 2.05) is 7.05 Å². The molecular formula is C17H26N2O. The molecule has 1 heterocycles. The lowest BCUT2D eigenvalue weighted by atomic mass is 9.90. The van der Waals surface area contributed by atoms with Gasteiger partial charge in [-0.15, -0.1) is 0 Å². The maximum Gasteiger partial charge on any atom is 0.255 e. The summed E-state index contributed by atoms with van der Waals surface area (Å²) in [5.74, 6) is 0. The summed E-state index contributed by atoms with van der Waals surface area (Å²) < 4.78 is 2.19. The van der Waals surface area contributed by atoms with Gasteiger partial charge < -0.3 is 9.88 Å². The number of hydrogen-bond donors (Lipinski definition) is 1. The van der Waals surface area contributed by atoms with Crippen LogP contribution in [0.3, 0.4) is 0 Å². The molecule has 0 aliphatic heterocycles. The Kier molecular flexibility index (Phi) is 4.25. The Morgan fingerprint density at radius 3 is 2.65 bits per heavy atom. The van der Waals surface area contributed by atoms with E-state index in [1.165, 1.54) is 56.2 Å². The van der Waals surface area contributed by atoms with Crippen LogP contribution in [0.2, 0.25) is 0 Å². The van der Waals surface area contributed by atoms with Gasteiger partial charge in [-0.2, -0.15) is 0 Å². The van der Waals surface area contributed by atoms with Gasteiger partial charge in [0.1, 0.15) is 0 Å². The first-order valence-electron chi connectivity index (χ1n) is 8.22. The van der Waals surface area contributed by atoms with Gasteiger partial charge in [-0.05, 0) is 57.2 Å². The lowest BCUT2D eigenvalue weighted by Crippen LogP contribution is -2.34. The number of hydrogen-bond acceptors (Lipinski definition) is 2. The van der Waals surface area contributed by atoms with Crippen molar-refractivity contribution in [2.45, 2.75) is 70.4 Å². The second kappa shape index (κ2) is 6.13. The average molecular weight is 274 g/mol. The molecule has 0 saturated heterocycles. The monoisotopic (exact) mass is 274 g/mol. The molecule has 0 bridgehead atoms. The minimum Gasteiger partial charge on any atom is -0.315 e. The first-order valence-corrected chi connectivity index (χ1v) is 8.22. The zero-order chi connectivity index (χ0) is 13.9. The van der Waals surface area contributed by atoms with E-state index in [2.05, 4.69) is 16.0 Å². The first-order chi connectivity index (χ1) is 9.81. The van der Waals surface area contributed by atoms with Gasteiger partial charge in [0.25, 0.3) is 5.56 Å². The number of aryl methyl sites for hydroxylation is 1. The van der Waals surface area contributed by atoms with E-state index < -0.39 is 0 Å². The third kappa shape index (κ3) is 2.56. The van der Waals surface area contributed by atoms with E-state index >= 15 is 0 Å². The number of fused-ring (bicyclic) bond motifs is 1. The Labute approximate surface area is 121 Å². The Morgan fingerprint density at radius 1 is 1.15 bits per heavy atom.